The van der Waals surface area contributed by atoms with E-state index in [1.807, 2.05) is 32.0 Å². The first kappa shape index (κ1) is 24.6. The molecule has 1 aliphatic heterocycles. The Labute approximate surface area is 205 Å². The van der Waals surface area contributed by atoms with Crippen LogP contribution in [0.4, 0.5) is 5.69 Å². The van der Waals surface area contributed by atoms with Crippen molar-refractivity contribution >= 4 is 21.6 Å². The molecule has 0 bridgehead atoms. The number of anilines is 1. The average molecular weight is 496 g/mol. The van der Waals surface area contributed by atoms with Crippen LogP contribution >= 0.6 is 0 Å². The van der Waals surface area contributed by atoms with E-state index in [9.17, 15) is 13.2 Å². The fourth-order valence-electron chi connectivity index (χ4n) is 4.08. The Morgan fingerprint density at radius 2 is 1.80 bits per heavy atom. The van der Waals surface area contributed by atoms with Crippen LogP contribution in [0, 0.1) is 13.8 Å². The molecule has 0 aliphatic carbocycles. The lowest BCUT2D eigenvalue weighted by molar-refractivity contribution is 0.0771. The molecule has 0 radical (unpaired) electrons. The summed E-state index contributed by atoms with van der Waals surface area (Å²) in [7, 11) is -2.46. The maximum atomic E-state index is 13.1. The van der Waals surface area contributed by atoms with Gasteiger partial charge in [-0.15, -0.1) is 0 Å². The molecule has 3 N–H and O–H groups in total. The van der Waals surface area contributed by atoms with Gasteiger partial charge in [0.1, 0.15) is 22.5 Å². The molecular formula is C26H29N3O5S. The van der Waals surface area contributed by atoms with Crippen LogP contribution in [0.5, 0.6) is 11.5 Å². The lowest BCUT2D eigenvalue weighted by atomic mass is 10.0. The monoisotopic (exact) mass is 495 g/mol. The van der Waals surface area contributed by atoms with E-state index in [2.05, 4.69) is 4.72 Å². The standard InChI is InChI=1S/C26H29N3O5S/c1-17-11-12-18(2)21(13-17)26(30)29-15-22(27)24(16-29)34-20-8-6-7-19(14-20)28-35(31,32)25-10-5-4-9-23(25)33-3/h4-14,22,24,28H,15-16,27H2,1-3H3. The van der Waals surface area contributed by atoms with Gasteiger partial charge in [0.05, 0.1) is 25.4 Å². The van der Waals surface area contributed by atoms with Gasteiger partial charge in [0.25, 0.3) is 15.9 Å². The van der Waals surface area contributed by atoms with Gasteiger partial charge in [-0.25, -0.2) is 8.42 Å². The number of benzene rings is 3. The molecule has 1 fully saturated rings. The number of nitrogens with two attached hydrogens (primary N) is 1. The number of rotatable bonds is 7. The summed E-state index contributed by atoms with van der Waals surface area (Å²) in [5.74, 6) is 0.621. The zero-order valence-corrected chi connectivity index (χ0v) is 20.7. The van der Waals surface area contributed by atoms with E-state index < -0.39 is 16.1 Å². The van der Waals surface area contributed by atoms with Crippen molar-refractivity contribution in [2.24, 2.45) is 5.73 Å². The number of hydrogen-bond acceptors (Lipinski definition) is 6. The van der Waals surface area contributed by atoms with Gasteiger partial charge >= 0.3 is 0 Å². The number of carbonyl (C=O) groups excluding carboxylic acids is 1. The van der Waals surface area contributed by atoms with Gasteiger partial charge in [-0.1, -0.05) is 35.9 Å². The molecule has 2 atom stereocenters. The Hall–Kier alpha value is -3.56. The van der Waals surface area contributed by atoms with Gasteiger partial charge in [-0.05, 0) is 49.7 Å². The third-order valence-corrected chi connectivity index (χ3v) is 7.37. The van der Waals surface area contributed by atoms with Gasteiger partial charge < -0.3 is 20.1 Å². The number of sulfonamides is 1. The van der Waals surface area contributed by atoms with E-state index in [1.165, 1.54) is 13.2 Å². The third-order valence-electron chi connectivity index (χ3n) is 5.95. The number of amides is 1. The molecule has 0 saturated carbocycles. The quantitative estimate of drug-likeness (QED) is 0.520. The van der Waals surface area contributed by atoms with E-state index in [4.69, 9.17) is 15.2 Å². The fourth-order valence-corrected chi connectivity index (χ4v) is 5.31. The van der Waals surface area contributed by atoms with Crippen molar-refractivity contribution in [1.82, 2.24) is 4.90 Å². The molecule has 0 spiro atoms. The van der Waals surface area contributed by atoms with E-state index in [0.29, 0.717) is 30.1 Å². The van der Waals surface area contributed by atoms with Crippen LogP contribution in [0.2, 0.25) is 0 Å². The molecule has 1 amide bonds. The second-order valence-electron chi connectivity index (χ2n) is 8.63. The lowest BCUT2D eigenvalue weighted by Gasteiger charge is -2.19. The molecule has 184 valence electrons. The van der Waals surface area contributed by atoms with Gasteiger partial charge in [0.15, 0.2) is 0 Å². The van der Waals surface area contributed by atoms with Crippen LogP contribution in [0.3, 0.4) is 0 Å². The van der Waals surface area contributed by atoms with Crippen LogP contribution in [-0.2, 0) is 10.0 Å². The highest BCUT2D eigenvalue weighted by molar-refractivity contribution is 7.92. The molecule has 4 rings (SSSR count). The molecule has 0 aromatic heterocycles. The number of aryl methyl sites for hydroxylation is 2. The smallest absolute Gasteiger partial charge is 0.265 e. The predicted molar refractivity (Wildman–Crippen MR) is 134 cm³/mol. The third kappa shape index (κ3) is 5.41. The SMILES string of the molecule is COc1ccccc1S(=O)(=O)Nc1cccc(OC2CN(C(=O)c3cc(C)ccc3C)CC2N)c1. The van der Waals surface area contributed by atoms with Crippen molar-refractivity contribution in [2.75, 3.05) is 24.9 Å². The topological polar surface area (TPSA) is 111 Å². The van der Waals surface area contributed by atoms with E-state index in [1.54, 1.807) is 47.4 Å². The highest BCUT2D eigenvalue weighted by Crippen LogP contribution is 2.28. The minimum Gasteiger partial charge on any atom is -0.495 e. The molecule has 35 heavy (non-hydrogen) atoms. The average Bonchev–Trinajstić information content (AvgIpc) is 3.20. The maximum absolute atomic E-state index is 13.1. The Morgan fingerprint density at radius 1 is 1.03 bits per heavy atom. The molecule has 2 unspecified atom stereocenters. The van der Waals surface area contributed by atoms with Crippen molar-refractivity contribution < 1.29 is 22.7 Å². The van der Waals surface area contributed by atoms with E-state index in [0.717, 1.165) is 11.1 Å². The number of para-hydroxylation sites is 1. The summed E-state index contributed by atoms with van der Waals surface area (Å²) >= 11 is 0. The number of methoxy groups -OCH3 is 1. The molecule has 1 heterocycles. The maximum Gasteiger partial charge on any atom is 0.265 e. The Kier molecular flexibility index (Phi) is 7.00. The molecular weight excluding hydrogens is 466 g/mol. The second kappa shape index (κ2) is 9.97. The lowest BCUT2D eigenvalue weighted by Crippen LogP contribution is -2.37. The van der Waals surface area contributed by atoms with Gasteiger partial charge in [0, 0.05) is 18.2 Å². The van der Waals surface area contributed by atoms with Gasteiger partial charge in [0.2, 0.25) is 0 Å². The van der Waals surface area contributed by atoms with Crippen LogP contribution in [0.1, 0.15) is 21.5 Å². The largest absolute Gasteiger partial charge is 0.495 e. The van der Waals surface area contributed by atoms with Gasteiger partial charge in [-0.3, -0.25) is 9.52 Å². The van der Waals surface area contributed by atoms with Gasteiger partial charge in [-0.2, -0.15) is 0 Å². The van der Waals surface area contributed by atoms with Crippen molar-refractivity contribution in [3.63, 3.8) is 0 Å². The summed E-state index contributed by atoms with van der Waals surface area (Å²) in [6.07, 6.45) is -0.426. The van der Waals surface area contributed by atoms with Crippen LogP contribution < -0.4 is 19.9 Å². The first-order valence-electron chi connectivity index (χ1n) is 11.2. The van der Waals surface area contributed by atoms with Crippen molar-refractivity contribution in [1.29, 1.82) is 0 Å². The highest BCUT2D eigenvalue weighted by atomic mass is 32.2. The second-order valence-corrected chi connectivity index (χ2v) is 10.3. The number of hydrogen-bond donors (Lipinski definition) is 2. The summed E-state index contributed by atoms with van der Waals surface area (Å²) in [5.41, 5.74) is 9.23. The number of ether oxygens (including phenoxy) is 2. The molecule has 1 aliphatic rings. The normalized spacial score (nSPS) is 17.8. The molecule has 8 nitrogen and oxygen atoms in total. The number of carbonyl (C=O) groups is 1. The number of nitrogens with zero attached hydrogens (tertiary/aromatic N) is 1. The minimum atomic E-state index is -3.88. The fraction of sp³-hybridized carbons (Fsp3) is 0.269. The van der Waals surface area contributed by atoms with Crippen molar-refractivity contribution in [3.8, 4) is 11.5 Å². The molecule has 3 aromatic carbocycles. The summed E-state index contributed by atoms with van der Waals surface area (Å²) in [5, 5.41) is 0. The molecule has 1 saturated heterocycles. The first-order valence-corrected chi connectivity index (χ1v) is 12.7. The minimum absolute atomic E-state index is 0.0345. The number of likely N-dealkylation sites (tertiary alicyclic amines) is 1. The zero-order chi connectivity index (χ0) is 25.2. The summed E-state index contributed by atoms with van der Waals surface area (Å²) < 4.78 is 39.6. The predicted octanol–water partition coefficient (Wildman–Crippen LogP) is 3.34. The van der Waals surface area contributed by atoms with Crippen LogP contribution in [0.15, 0.2) is 71.6 Å². The highest BCUT2D eigenvalue weighted by Gasteiger charge is 2.35. The van der Waals surface area contributed by atoms with Crippen molar-refractivity contribution in [3.05, 3.63) is 83.4 Å². The first-order chi connectivity index (χ1) is 16.7. The van der Waals surface area contributed by atoms with Crippen LogP contribution in [-0.4, -0.2) is 51.6 Å². The van der Waals surface area contributed by atoms with Crippen LogP contribution in [0.25, 0.3) is 0 Å². The zero-order valence-electron chi connectivity index (χ0n) is 19.9. The number of nitrogens with one attached hydrogen (secondary N) is 1. The summed E-state index contributed by atoms with van der Waals surface area (Å²) in [6, 6.07) is 18.4. The van der Waals surface area contributed by atoms with Crippen molar-refractivity contribution in [2.45, 2.75) is 30.9 Å². The Balaban J connectivity index is 1.47. The summed E-state index contributed by atoms with van der Waals surface area (Å²) in [6.45, 7) is 4.57. The molecule has 9 heteroatoms. The van der Waals surface area contributed by atoms with E-state index >= 15 is 0 Å². The Morgan fingerprint density at radius 3 is 2.57 bits per heavy atom. The summed E-state index contributed by atoms with van der Waals surface area (Å²) in [4.78, 5) is 14.8. The molecule has 3 aromatic rings. The van der Waals surface area contributed by atoms with E-state index in [-0.39, 0.29) is 22.6 Å². The Bertz CT molecular complexity index is 1340.